The number of thiazole rings is 1. The Bertz CT molecular complexity index is 343. The van der Waals surface area contributed by atoms with Gasteiger partial charge in [0.1, 0.15) is 0 Å². The molecule has 1 N–H and O–H groups in total. The van der Waals surface area contributed by atoms with Crippen molar-refractivity contribution in [3.05, 3.63) is 15.6 Å². The molecule has 0 bridgehead atoms. The van der Waals surface area contributed by atoms with Crippen LogP contribution in [0, 0.1) is 5.92 Å². The van der Waals surface area contributed by atoms with Crippen molar-refractivity contribution in [1.29, 1.82) is 0 Å². The second kappa shape index (κ2) is 3.31. The summed E-state index contributed by atoms with van der Waals surface area (Å²) in [5, 5.41) is 11.0. The van der Waals surface area contributed by atoms with Crippen molar-refractivity contribution in [2.75, 3.05) is 0 Å². The van der Waals surface area contributed by atoms with Crippen LogP contribution in [0.2, 0.25) is 0 Å². The molecule has 1 unspecified atom stereocenters. The molecule has 76 valence electrons. The summed E-state index contributed by atoms with van der Waals surface area (Å²) in [5.74, 6) is 0.903. The van der Waals surface area contributed by atoms with Crippen LogP contribution >= 0.6 is 11.3 Å². The van der Waals surface area contributed by atoms with Gasteiger partial charge in [-0.25, -0.2) is 4.98 Å². The molecule has 1 heterocycles. The molecule has 3 rings (SSSR count). The van der Waals surface area contributed by atoms with Gasteiger partial charge in [-0.05, 0) is 38.0 Å². The number of hydrogen-bond acceptors (Lipinski definition) is 3. The Hall–Kier alpha value is -0.410. The van der Waals surface area contributed by atoms with Crippen molar-refractivity contribution in [3.8, 4) is 0 Å². The molecule has 14 heavy (non-hydrogen) atoms. The highest BCUT2D eigenvalue weighted by Crippen LogP contribution is 2.37. The summed E-state index contributed by atoms with van der Waals surface area (Å²) in [6, 6.07) is 0. The smallest absolute Gasteiger partial charge is 0.0971 e. The van der Waals surface area contributed by atoms with Gasteiger partial charge >= 0.3 is 0 Å². The molecule has 1 aromatic rings. The van der Waals surface area contributed by atoms with Gasteiger partial charge in [-0.15, -0.1) is 11.3 Å². The van der Waals surface area contributed by atoms with Crippen molar-refractivity contribution in [3.63, 3.8) is 0 Å². The summed E-state index contributed by atoms with van der Waals surface area (Å²) in [6.45, 7) is 0. The first-order valence-corrected chi connectivity index (χ1v) is 6.31. The molecule has 3 heteroatoms. The Morgan fingerprint density at radius 2 is 2.21 bits per heavy atom. The molecule has 1 aromatic heterocycles. The number of aromatic nitrogens is 1. The summed E-state index contributed by atoms with van der Waals surface area (Å²) in [6.07, 6.45) is 6.81. The fourth-order valence-corrected chi connectivity index (χ4v) is 3.38. The third-order valence-electron chi connectivity index (χ3n) is 3.13. The van der Waals surface area contributed by atoms with E-state index in [1.165, 1.54) is 22.7 Å². The third-order valence-corrected chi connectivity index (χ3v) is 4.28. The molecule has 1 fully saturated rings. The second-order valence-corrected chi connectivity index (χ2v) is 5.64. The molecular formula is C11H15NOS. The van der Waals surface area contributed by atoms with E-state index in [1.807, 2.05) is 11.3 Å². The van der Waals surface area contributed by atoms with Crippen LogP contribution in [0.5, 0.6) is 0 Å². The molecule has 0 spiro atoms. The lowest BCUT2D eigenvalue weighted by atomic mass is 10.0. The molecular weight excluding hydrogens is 194 g/mol. The molecule has 2 aliphatic rings. The lowest BCUT2D eigenvalue weighted by molar-refractivity contribution is 0.153. The number of rotatable bonds is 2. The average Bonchev–Trinajstić information content (AvgIpc) is 2.84. The molecule has 0 aliphatic heterocycles. The quantitative estimate of drug-likeness (QED) is 0.811. The zero-order chi connectivity index (χ0) is 9.54. The number of aliphatic hydroxyl groups is 1. The fraction of sp³-hybridized carbons (Fsp3) is 0.727. The first-order valence-electron chi connectivity index (χ1n) is 5.49. The number of nitrogens with zero attached hydrogens (tertiary/aromatic N) is 1. The minimum Gasteiger partial charge on any atom is -0.387 e. The summed E-state index contributed by atoms with van der Waals surface area (Å²) < 4.78 is 0. The predicted octanol–water partition coefficient (Wildman–Crippen LogP) is 2.47. The van der Waals surface area contributed by atoms with Crippen LogP contribution in [-0.2, 0) is 12.8 Å². The van der Waals surface area contributed by atoms with Gasteiger partial charge in [-0.2, -0.15) is 0 Å². The molecule has 0 radical (unpaired) electrons. The van der Waals surface area contributed by atoms with E-state index in [1.54, 1.807) is 0 Å². The van der Waals surface area contributed by atoms with Gasteiger partial charge in [0.25, 0.3) is 0 Å². The van der Waals surface area contributed by atoms with E-state index in [0.717, 1.165) is 37.3 Å². The highest BCUT2D eigenvalue weighted by molar-refractivity contribution is 7.11. The topological polar surface area (TPSA) is 33.1 Å². The first-order chi connectivity index (χ1) is 6.83. The number of aryl methyl sites for hydroxylation is 1. The van der Waals surface area contributed by atoms with Gasteiger partial charge < -0.3 is 5.11 Å². The van der Waals surface area contributed by atoms with Crippen molar-refractivity contribution in [2.24, 2.45) is 5.92 Å². The maximum atomic E-state index is 9.77. The first kappa shape index (κ1) is 8.86. The maximum Gasteiger partial charge on any atom is 0.0971 e. The normalized spacial score (nSPS) is 26.2. The molecule has 1 atom stereocenters. The standard InChI is InChI=1S/C11H15NOS/c13-8-2-1-3-9-11(8)12-10(14-9)6-7-4-5-7/h7-8,13H,1-6H2. The lowest BCUT2D eigenvalue weighted by Crippen LogP contribution is -2.07. The lowest BCUT2D eigenvalue weighted by Gasteiger charge is -2.14. The Kier molecular flexibility index (Phi) is 2.10. The van der Waals surface area contributed by atoms with E-state index >= 15 is 0 Å². The summed E-state index contributed by atoms with van der Waals surface area (Å²) in [7, 11) is 0. The van der Waals surface area contributed by atoms with Crippen LogP contribution in [0.25, 0.3) is 0 Å². The van der Waals surface area contributed by atoms with Gasteiger partial charge in [-0.3, -0.25) is 0 Å². The van der Waals surface area contributed by atoms with Crippen molar-refractivity contribution >= 4 is 11.3 Å². The van der Waals surface area contributed by atoms with Gasteiger partial charge in [0.15, 0.2) is 0 Å². The van der Waals surface area contributed by atoms with Gasteiger partial charge in [0.05, 0.1) is 16.8 Å². The number of hydrogen-bond donors (Lipinski definition) is 1. The SMILES string of the molecule is OC1CCCc2sc(CC3CC3)nc21. The zero-order valence-corrected chi connectivity index (χ0v) is 9.02. The van der Waals surface area contributed by atoms with Crippen LogP contribution in [0.4, 0.5) is 0 Å². The monoisotopic (exact) mass is 209 g/mol. The summed E-state index contributed by atoms with van der Waals surface area (Å²) in [4.78, 5) is 5.93. The largest absolute Gasteiger partial charge is 0.387 e. The third kappa shape index (κ3) is 1.59. The molecule has 0 aromatic carbocycles. The van der Waals surface area contributed by atoms with Crippen LogP contribution in [-0.4, -0.2) is 10.1 Å². The molecule has 1 saturated carbocycles. The minimum atomic E-state index is -0.275. The molecule has 0 amide bonds. The highest BCUT2D eigenvalue weighted by Gasteiger charge is 2.26. The average molecular weight is 209 g/mol. The van der Waals surface area contributed by atoms with Gasteiger partial charge in [-0.1, -0.05) is 0 Å². The number of fused-ring (bicyclic) bond motifs is 1. The van der Waals surface area contributed by atoms with E-state index in [9.17, 15) is 5.11 Å². The Morgan fingerprint density at radius 3 is 2.93 bits per heavy atom. The predicted molar refractivity (Wildman–Crippen MR) is 56.4 cm³/mol. The number of aliphatic hydroxyl groups excluding tert-OH is 1. The molecule has 0 saturated heterocycles. The summed E-state index contributed by atoms with van der Waals surface area (Å²) >= 11 is 1.84. The highest BCUT2D eigenvalue weighted by atomic mass is 32.1. The fourth-order valence-electron chi connectivity index (χ4n) is 2.10. The maximum absolute atomic E-state index is 9.77. The van der Waals surface area contributed by atoms with Gasteiger partial charge in [0.2, 0.25) is 0 Å². The molecule has 2 aliphatic carbocycles. The Morgan fingerprint density at radius 1 is 1.36 bits per heavy atom. The van der Waals surface area contributed by atoms with Crippen molar-refractivity contribution < 1.29 is 5.11 Å². The Balaban J connectivity index is 1.85. The van der Waals surface area contributed by atoms with E-state index in [-0.39, 0.29) is 6.10 Å². The van der Waals surface area contributed by atoms with E-state index in [0.29, 0.717) is 0 Å². The van der Waals surface area contributed by atoms with Crippen molar-refractivity contribution in [2.45, 2.75) is 44.6 Å². The minimum absolute atomic E-state index is 0.275. The second-order valence-electron chi connectivity index (χ2n) is 4.47. The van der Waals surface area contributed by atoms with Crippen LogP contribution < -0.4 is 0 Å². The summed E-state index contributed by atoms with van der Waals surface area (Å²) in [5.41, 5.74) is 0.997. The van der Waals surface area contributed by atoms with E-state index < -0.39 is 0 Å². The molecule has 2 nitrogen and oxygen atoms in total. The van der Waals surface area contributed by atoms with Crippen molar-refractivity contribution in [1.82, 2.24) is 4.98 Å². The van der Waals surface area contributed by atoms with Crippen LogP contribution in [0.3, 0.4) is 0 Å². The Labute approximate surface area is 88.0 Å². The van der Waals surface area contributed by atoms with E-state index in [4.69, 9.17) is 0 Å². The zero-order valence-electron chi connectivity index (χ0n) is 8.20. The van der Waals surface area contributed by atoms with Crippen LogP contribution in [0.1, 0.15) is 47.4 Å². The van der Waals surface area contributed by atoms with Crippen LogP contribution in [0.15, 0.2) is 0 Å². The van der Waals surface area contributed by atoms with E-state index in [2.05, 4.69) is 4.98 Å². The van der Waals surface area contributed by atoms with Gasteiger partial charge in [0, 0.05) is 11.3 Å².